The van der Waals surface area contributed by atoms with Gasteiger partial charge in [-0.15, -0.1) is 0 Å². The quantitative estimate of drug-likeness (QED) is 0.749. The van der Waals surface area contributed by atoms with E-state index in [2.05, 4.69) is 13.8 Å². The third-order valence-electron chi connectivity index (χ3n) is 5.26. The molecule has 1 aromatic rings. The van der Waals surface area contributed by atoms with Crippen LogP contribution >= 0.6 is 0 Å². The van der Waals surface area contributed by atoms with Crippen molar-refractivity contribution in [1.29, 1.82) is 5.26 Å². The molecule has 3 rings (SSSR count). The van der Waals surface area contributed by atoms with Crippen LogP contribution in [0.2, 0.25) is 0 Å². The summed E-state index contributed by atoms with van der Waals surface area (Å²) in [4.78, 5) is 15.2. The SMILES string of the molecule is CC(C)CN(C(=O)C1CCN(S(=O)(=O)c2ccc(C#N)cc2)CC1)C1CC1. The van der Waals surface area contributed by atoms with Crippen molar-refractivity contribution in [3.63, 3.8) is 0 Å². The van der Waals surface area contributed by atoms with Gasteiger partial charge in [-0.1, -0.05) is 13.8 Å². The van der Waals surface area contributed by atoms with Crippen LogP contribution in [0.4, 0.5) is 0 Å². The molecule has 7 heteroatoms. The van der Waals surface area contributed by atoms with E-state index in [0.29, 0.717) is 43.5 Å². The fourth-order valence-corrected chi connectivity index (χ4v) is 5.10. The zero-order chi connectivity index (χ0) is 19.6. The minimum atomic E-state index is -3.58. The molecule has 2 fully saturated rings. The smallest absolute Gasteiger partial charge is 0.243 e. The molecule has 1 aliphatic heterocycles. The number of hydrogen-bond acceptors (Lipinski definition) is 4. The van der Waals surface area contributed by atoms with Gasteiger partial charge in [0.2, 0.25) is 15.9 Å². The van der Waals surface area contributed by atoms with E-state index in [-0.39, 0.29) is 16.7 Å². The van der Waals surface area contributed by atoms with Gasteiger partial charge in [0.25, 0.3) is 0 Å². The van der Waals surface area contributed by atoms with Crippen LogP contribution in [0.5, 0.6) is 0 Å². The molecule has 1 amide bonds. The van der Waals surface area contributed by atoms with Crippen molar-refractivity contribution in [2.24, 2.45) is 11.8 Å². The molecule has 1 aromatic carbocycles. The molecule has 0 radical (unpaired) electrons. The Bertz CT molecular complexity index is 815. The predicted molar refractivity (Wildman–Crippen MR) is 102 cm³/mol. The molecule has 1 aliphatic carbocycles. The van der Waals surface area contributed by atoms with Crippen LogP contribution < -0.4 is 0 Å². The fraction of sp³-hybridized carbons (Fsp3) is 0.600. The summed E-state index contributed by atoms with van der Waals surface area (Å²) in [7, 11) is -3.58. The second kappa shape index (κ2) is 7.99. The summed E-state index contributed by atoms with van der Waals surface area (Å²) in [6, 6.07) is 8.36. The van der Waals surface area contributed by atoms with Gasteiger partial charge in [0.15, 0.2) is 0 Å². The molecule has 0 unspecified atom stereocenters. The first-order valence-electron chi connectivity index (χ1n) is 9.63. The first-order chi connectivity index (χ1) is 12.8. The van der Waals surface area contributed by atoms with Crippen molar-refractivity contribution in [3.05, 3.63) is 29.8 Å². The number of sulfonamides is 1. The van der Waals surface area contributed by atoms with Crippen LogP contribution in [0.3, 0.4) is 0 Å². The molecule has 6 nitrogen and oxygen atoms in total. The summed E-state index contributed by atoms with van der Waals surface area (Å²) in [5.74, 6) is 0.546. The van der Waals surface area contributed by atoms with Crippen molar-refractivity contribution in [2.75, 3.05) is 19.6 Å². The van der Waals surface area contributed by atoms with Gasteiger partial charge >= 0.3 is 0 Å². The van der Waals surface area contributed by atoms with Crippen molar-refractivity contribution < 1.29 is 13.2 Å². The number of amides is 1. The maximum Gasteiger partial charge on any atom is 0.243 e. The summed E-state index contributed by atoms with van der Waals surface area (Å²) >= 11 is 0. The molecular formula is C20H27N3O3S. The molecule has 1 saturated carbocycles. The minimum absolute atomic E-state index is 0.0863. The van der Waals surface area contributed by atoms with Crippen LogP contribution in [0.15, 0.2) is 29.2 Å². The molecule has 0 aromatic heterocycles. The zero-order valence-electron chi connectivity index (χ0n) is 16.0. The summed E-state index contributed by atoms with van der Waals surface area (Å²) in [5.41, 5.74) is 0.434. The maximum atomic E-state index is 12.9. The number of benzene rings is 1. The number of nitrogens with zero attached hydrogens (tertiary/aromatic N) is 3. The highest BCUT2D eigenvalue weighted by Gasteiger charge is 2.38. The van der Waals surface area contributed by atoms with Crippen molar-refractivity contribution in [3.8, 4) is 6.07 Å². The molecule has 0 atom stereocenters. The van der Waals surface area contributed by atoms with Gasteiger partial charge < -0.3 is 4.90 Å². The second-order valence-corrected chi connectivity index (χ2v) is 9.87. The van der Waals surface area contributed by atoms with Gasteiger partial charge in [-0.25, -0.2) is 8.42 Å². The number of piperidine rings is 1. The highest BCUT2D eigenvalue weighted by atomic mass is 32.2. The normalized spacial score (nSPS) is 19.0. The van der Waals surface area contributed by atoms with Crippen LogP contribution in [0.1, 0.15) is 45.1 Å². The van der Waals surface area contributed by atoms with Crippen molar-refractivity contribution in [1.82, 2.24) is 9.21 Å². The molecule has 1 saturated heterocycles. The van der Waals surface area contributed by atoms with Gasteiger partial charge in [-0.2, -0.15) is 9.57 Å². The molecule has 0 N–H and O–H groups in total. The summed E-state index contributed by atoms with van der Waals surface area (Å²) < 4.78 is 27.1. The third-order valence-corrected chi connectivity index (χ3v) is 7.17. The average Bonchev–Trinajstić information content (AvgIpc) is 3.50. The Morgan fingerprint density at radius 3 is 2.26 bits per heavy atom. The average molecular weight is 390 g/mol. The number of nitriles is 1. The van der Waals surface area contributed by atoms with Crippen molar-refractivity contribution >= 4 is 15.9 Å². The summed E-state index contributed by atoms with van der Waals surface area (Å²) in [6.45, 7) is 5.75. The molecule has 27 heavy (non-hydrogen) atoms. The maximum absolute atomic E-state index is 12.9. The largest absolute Gasteiger partial charge is 0.339 e. The lowest BCUT2D eigenvalue weighted by Crippen LogP contribution is -2.46. The highest BCUT2D eigenvalue weighted by molar-refractivity contribution is 7.89. The van der Waals surface area contributed by atoms with E-state index in [0.717, 1.165) is 19.4 Å². The molecule has 146 valence electrons. The first-order valence-corrected chi connectivity index (χ1v) is 11.1. The standard InChI is InChI=1S/C20H27N3O3S/c1-15(2)14-23(18-5-6-18)20(24)17-9-11-22(12-10-17)27(25,26)19-7-3-16(13-21)4-8-19/h3-4,7-8,15,17-18H,5-6,9-12,14H2,1-2H3. The number of carbonyl (C=O) groups excluding carboxylic acids is 1. The lowest BCUT2D eigenvalue weighted by Gasteiger charge is -2.34. The predicted octanol–water partition coefficient (Wildman–Crippen LogP) is 2.61. The minimum Gasteiger partial charge on any atom is -0.339 e. The number of hydrogen-bond donors (Lipinski definition) is 0. The summed E-state index contributed by atoms with van der Waals surface area (Å²) in [6.07, 6.45) is 3.31. The Kier molecular flexibility index (Phi) is 5.87. The monoisotopic (exact) mass is 389 g/mol. The van der Waals surface area contributed by atoms with E-state index in [1.165, 1.54) is 28.6 Å². The number of rotatable bonds is 6. The highest BCUT2D eigenvalue weighted by Crippen LogP contribution is 2.32. The molecule has 0 bridgehead atoms. The topological polar surface area (TPSA) is 81.5 Å². The van der Waals surface area contributed by atoms with Gasteiger partial charge in [0.05, 0.1) is 16.5 Å². The van der Waals surface area contributed by atoms with Gasteiger partial charge in [0, 0.05) is 31.6 Å². The molecule has 1 heterocycles. The Morgan fingerprint density at radius 1 is 1.19 bits per heavy atom. The summed E-state index contributed by atoms with van der Waals surface area (Å²) in [5, 5.41) is 8.86. The fourth-order valence-electron chi connectivity index (χ4n) is 3.63. The zero-order valence-corrected chi connectivity index (χ0v) is 16.8. The molecule has 0 spiro atoms. The van der Waals surface area contributed by atoms with Gasteiger partial charge in [-0.05, 0) is 55.9 Å². The van der Waals surface area contributed by atoms with E-state index >= 15 is 0 Å². The Balaban J connectivity index is 1.63. The van der Waals surface area contributed by atoms with E-state index in [1.807, 2.05) is 11.0 Å². The van der Waals surface area contributed by atoms with Gasteiger partial charge in [0.1, 0.15) is 0 Å². The van der Waals surface area contributed by atoms with Crippen molar-refractivity contribution in [2.45, 2.75) is 50.5 Å². The lowest BCUT2D eigenvalue weighted by atomic mass is 9.96. The van der Waals surface area contributed by atoms with E-state index in [4.69, 9.17) is 5.26 Å². The number of carbonyl (C=O) groups is 1. The first kappa shape index (κ1) is 19.8. The van der Waals surface area contributed by atoms with E-state index in [1.54, 1.807) is 0 Å². The van der Waals surface area contributed by atoms with Gasteiger partial charge in [-0.3, -0.25) is 4.79 Å². The van der Waals surface area contributed by atoms with Crippen LogP contribution in [0, 0.1) is 23.2 Å². The molecular weight excluding hydrogens is 362 g/mol. The van der Waals surface area contributed by atoms with Crippen LogP contribution in [-0.2, 0) is 14.8 Å². The van der Waals surface area contributed by atoms with Crippen LogP contribution in [-0.4, -0.2) is 49.2 Å². The lowest BCUT2D eigenvalue weighted by molar-refractivity contribution is -0.137. The Morgan fingerprint density at radius 2 is 1.78 bits per heavy atom. The Labute approximate surface area is 161 Å². The van der Waals surface area contributed by atoms with Crippen LogP contribution in [0.25, 0.3) is 0 Å². The van der Waals surface area contributed by atoms with E-state index in [9.17, 15) is 13.2 Å². The van der Waals surface area contributed by atoms with E-state index < -0.39 is 10.0 Å². The molecule has 2 aliphatic rings. The third kappa shape index (κ3) is 4.50. The Hall–Kier alpha value is -1.91. The second-order valence-electron chi connectivity index (χ2n) is 7.93.